The van der Waals surface area contributed by atoms with Crippen molar-refractivity contribution in [2.24, 2.45) is 0 Å². The molecule has 2 aromatic rings. The van der Waals surface area contributed by atoms with E-state index in [-0.39, 0.29) is 6.04 Å². The van der Waals surface area contributed by atoms with Crippen LogP contribution in [-0.2, 0) is 6.54 Å². The third kappa shape index (κ3) is 4.05. The van der Waals surface area contributed by atoms with E-state index in [0.29, 0.717) is 0 Å². The van der Waals surface area contributed by atoms with Crippen molar-refractivity contribution in [3.05, 3.63) is 58.1 Å². The lowest BCUT2D eigenvalue weighted by atomic mass is 9.99. The standard InChI is InChI=1S/C20H27NO2/c1-13-9-14(2)19(15(3)10-13)12-21-16(4)18-11-17(22-5)7-8-20(18)23-6/h7-11,16,21H,12H2,1-6H3. The number of ether oxygens (including phenoxy) is 2. The molecule has 0 saturated carbocycles. The zero-order valence-electron chi connectivity index (χ0n) is 15.0. The molecular formula is C20H27NO2. The second kappa shape index (κ2) is 7.51. The van der Waals surface area contributed by atoms with Crippen LogP contribution in [0.2, 0.25) is 0 Å². The number of hydrogen-bond acceptors (Lipinski definition) is 3. The molecule has 0 radical (unpaired) electrons. The van der Waals surface area contributed by atoms with E-state index >= 15 is 0 Å². The van der Waals surface area contributed by atoms with Gasteiger partial charge in [-0.25, -0.2) is 0 Å². The number of methoxy groups -OCH3 is 2. The minimum absolute atomic E-state index is 0.167. The van der Waals surface area contributed by atoms with E-state index in [1.807, 2.05) is 18.2 Å². The summed E-state index contributed by atoms with van der Waals surface area (Å²) < 4.78 is 10.8. The number of aryl methyl sites for hydroxylation is 3. The zero-order valence-corrected chi connectivity index (χ0v) is 15.0. The van der Waals surface area contributed by atoms with E-state index < -0.39 is 0 Å². The van der Waals surface area contributed by atoms with Crippen molar-refractivity contribution in [2.45, 2.75) is 40.3 Å². The van der Waals surface area contributed by atoms with Crippen LogP contribution in [0.15, 0.2) is 30.3 Å². The first-order chi connectivity index (χ1) is 11.0. The van der Waals surface area contributed by atoms with Gasteiger partial charge in [0.25, 0.3) is 0 Å². The first-order valence-corrected chi connectivity index (χ1v) is 7.98. The highest BCUT2D eigenvalue weighted by atomic mass is 16.5. The van der Waals surface area contributed by atoms with Crippen LogP contribution in [0.25, 0.3) is 0 Å². The summed E-state index contributed by atoms with van der Waals surface area (Å²) in [5.74, 6) is 1.72. The fourth-order valence-electron chi connectivity index (χ4n) is 3.03. The quantitative estimate of drug-likeness (QED) is 0.853. The summed E-state index contributed by atoms with van der Waals surface area (Å²) in [5.41, 5.74) is 6.45. The lowest BCUT2D eigenvalue weighted by Gasteiger charge is -2.20. The molecule has 2 rings (SSSR count). The average Bonchev–Trinajstić information content (AvgIpc) is 2.52. The predicted octanol–water partition coefficient (Wildman–Crippen LogP) is 4.48. The van der Waals surface area contributed by atoms with Gasteiger partial charge < -0.3 is 14.8 Å². The van der Waals surface area contributed by atoms with Gasteiger partial charge in [0.15, 0.2) is 0 Å². The lowest BCUT2D eigenvalue weighted by Crippen LogP contribution is -2.20. The molecule has 23 heavy (non-hydrogen) atoms. The first kappa shape index (κ1) is 17.4. The Bertz CT molecular complexity index is 656. The van der Waals surface area contributed by atoms with Crippen LogP contribution in [0.4, 0.5) is 0 Å². The van der Waals surface area contributed by atoms with Crippen molar-refractivity contribution in [1.82, 2.24) is 5.32 Å². The Morgan fingerprint density at radius 3 is 2.17 bits per heavy atom. The largest absolute Gasteiger partial charge is 0.497 e. The molecule has 0 aliphatic carbocycles. The van der Waals surface area contributed by atoms with E-state index in [4.69, 9.17) is 9.47 Å². The highest BCUT2D eigenvalue weighted by Gasteiger charge is 2.13. The van der Waals surface area contributed by atoms with E-state index in [0.717, 1.165) is 23.6 Å². The summed E-state index contributed by atoms with van der Waals surface area (Å²) in [6, 6.07) is 10.5. The fraction of sp³-hybridized carbons (Fsp3) is 0.400. The fourth-order valence-corrected chi connectivity index (χ4v) is 3.03. The Labute approximate surface area is 139 Å². The number of rotatable bonds is 6. The van der Waals surface area contributed by atoms with Gasteiger partial charge in [-0.15, -0.1) is 0 Å². The summed E-state index contributed by atoms with van der Waals surface area (Å²) in [4.78, 5) is 0. The predicted molar refractivity (Wildman–Crippen MR) is 95.5 cm³/mol. The van der Waals surface area contributed by atoms with Gasteiger partial charge in [0.2, 0.25) is 0 Å². The molecule has 2 aromatic carbocycles. The van der Waals surface area contributed by atoms with Gasteiger partial charge in [-0.05, 0) is 62.6 Å². The molecule has 0 heterocycles. The summed E-state index contributed by atoms with van der Waals surface area (Å²) in [6.45, 7) is 9.47. The number of benzene rings is 2. The van der Waals surface area contributed by atoms with Gasteiger partial charge >= 0.3 is 0 Å². The van der Waals surface area contributed by atoms with Crippen molar-refractivity contribution in [2.75, 3.05) is 14.2 Å². The third-order valence-corrected chi connectivity index (χ3v) is 4.33. The molecule has 0 aliphatic heterocycles. The molecule has 0 saturated heterocycles. The van der Waals surface area contributed by atoms with Crippen LogP contribution in [0, 0.1) is 20.8 Å². The highest BCUT2D eigenvalue weighted by molar-refractivity contribution is 5.42. The minimum Gasteiger partial charge on any atom is -0.497 e. The van der Waals surface area contributed by atoms with Gasteiger partial charge in [0.1, 0.15) is 11.5 Å². The van der Waals surface area contributed by atoms with Crippen molar-refractivity contribution in [3.63, 3.8) is 0 Å². The van der Waals surface area contributed by atoms with Gasteiger partial charge in [0, 0.05) is 18.2 Å². The van der Waals surface area contributed by atoms with Gasteiger partial charge in [-0.2, -0.15) is 0 Å². The van der Waals surface area contributed by atoms with E-state index in [1.54, 1.807) is 14.2 Å². The normalized spacial score (nSPS) is 12.1. The molecule has 0 fully saturated rings. The van der Waals surface area contributed by atoms with Crippen molar-refractivity contribution >= 4 is 0 Å². The van der Waals surface area contributed by atoms with E-state index in [2.05, 4.69) is 45.1 Å². The Morgan fingerprint density at radius 1 is 0.957 bits per heavy atom. The Kier molecular flexibility index (Phi) is 5.67. The van der Waals surface area contributed by atoms with Gasteiger partial charge in [-0.3, -0.25) is 0 Å². The zero-order chi connectivity index (χ0) is 17.0. The average molecular weight is 313 g/mol. The van der Waals surface area contributed by atoms with Crippen molar-refractivity contribution < 1.29 is 9.47 Å². The molecule has 1 atom stereocenters. The Balaban J connectivity index is 2.18. The highest BCUT2D eigenvalue weighted by Crippen LogP contribution is 2.29. The Morgan fingerprint density at radius 2 is 1.61 bits per heavy atom. The van der Waals surface area contributed by atoms with Crippen LogP contribution in [-0.4, -0.2) is 14.2 Å². The van der Waals surface area contributed by atoms with Crippen LogP contribution in [0.3, 0.4) is 0 Å². The maximum absolute atomic E-state index is 5.49. The molecule has 0 bridgehead atoms. The molecule has 0 aromatic heterocycles. The number of hydrogen-bond donors (Lipinski definition) is 1. The second-order valence-electron chi connectivity index (χ2n) is 6.09. The maximum Gasteiger partial charge on any atom is 0.123 e. The molecular weight excluding hydrogens is 286 g/mol. The molecule has 0 amide bonds. The molecule has 1 N–H and O–H groups in total. The van der Waals surface area contributed by atoms with E-state index in [9.17, 15) is 0 Å². The summed E-state index contributed by atoms with van der Waals surface area (Å²) in [6.07, 6.45) is 0. The van der Waals surface area contributed by atoms with Crippen LogP contribution in [0.1, 0.15) is 40.8 Å². The molecule has 0 aliphatic rings. The smallest absolute Gasteiger partial charge is 0.123 e. The molecule has 1 unspecified atom stereocenters. The summed E-state index contributed by atoms with van der Waals surface area (Å²) >= 11 is 0. The SMILES string of the molecule is COc1ccc(OC)c(C(C)NCc2c(C)cc(C)cc2C)c1. The minimum atomic E-state index is 0.167. The third-order valence-electron chi connectivity index (χ3n) is 4.33. The monoisotopic (exact) mass is 313 g/mol. The first-order valence-electron chi connectivity index (χ1n) is 7.98. The molecule has 0 spiro atoms. The topological polar surface area (TPSA) is 30.5 Å². The van der Waals surface area contributed by atoms with Crippen molar-refractivity contribution in [3.8, 4) is 11.5 Å². The van der Waals surface area contributed by atoms with Crippen LogP contribution in [0.5, 0.6) is 11.5 Å². The second-order valence-corrected chi connectivity index (χ2v) is 6.09. The summed E-state index contributed by atoms with van der Waals surface area (Å²) in [5, 5.41) is 3.61. The van der Waals surface area contributed by atoms with Gasteiger partial charge in [-0.1, -0.05) is 17.7 Å². The molecule has 124 valence electrons. The Hall–Kier alpha value is -2.00. The molecule has 3 heteroatoms. The van der Waals surface area contributed by atoms with Crippen molar-refractivity contribution in [1.29, 1.82) is 0 Å². The summed E-state index contributed by atoms with van der Waals surface area (Å²) in [7, 11) is 3.38. The van der Waals surface area contributed by atoms with Gasteiger partial charge in [0.05, 0.1) is 14.2 Å². The maximum atomic E-state index is 5.49. The van der Waals surface area contributed by atoms with Crippen LogP contribution < -0.4 is 14.8 Å². The lowest BCUT2D eigenvalue weighted by molar-refractivity contribution is 0.391. The molecule has 3 nitrogen and oxygen atoms in total. The van der Waals surface area contributed by atoms with Crippen LogP contribution >= 0.6 is 0 Å². The van der Waals surface area contributed by atoms with E-state index in [1.165, 1.54) is 22.3 Å². The number of nitrogens with one attached hydrogen (secondary N) is 1.